The Balaban J connectivity index is 2.27. The Bertz CT molecular complexity index is 874. The van der Waals surface area contributed by atoms with E-state index in [1.165, 1.54) is 4.90 Å². The highest BCUT2D eigenvalue weighted by atomic mass is 35.5. The lowest BCUT2D eigenvalue weighted by atomic mass is 9.83. The van der Waals surface area contributed by atoms with Gasteiger partial charge in [0.05, 0.1) is 30.8 Å². The van der Waals surface area contributed by atoms with Gasteiger partial charge in [0.1, 0.15) is 11.7 Å². The average molecular weight is 468 g/mol. The molecule has 1 unspecified atom stereocenters. The number of fused-ring (bicyclic) bond motifs is 1. The number of hydrogen-bond donors (Lipinski definition) is 0. The van der Waals surface area contributed by atoms with Crippen molar-refractivity contribution in [2.45, 2.75) is 79.4 Å². The molecule has 1 aromatic carbocycles. The highest BCUT2D eigenvalue weighted by molar-refractivity contribution is 6.31. The van der Waals surface area contributed by atoms with Gasteiger partial charge in [0.2, 0.25) is 0 Å². The third kappa shape index (κ3) is 7.12. The van der Waals surface area contributed by atoms with E-state index in [1.54, 1.807) is 39.8 Å². The average Bonchev–Trinajstić information content (AvgIpc) is 2.63. The van der Waals surface area contributed by atoms with Crippen LogP contribution < -0.4 is 9.64 Å². The molecule has 0 radical (unpaired) electrons. The van der Waals surface area contributed by atoms with Gasteiger partial charge in [-0.1, -0.05) is 25.4 Å². The second-order valence-electron chi connectivity index (χ2n) is 9.89. The first-order chi connectivity index (χ1) is 14.7. The van der Waals surface area contributed by atoms with Gasteiger partial charge in [0, 0.05) is 11.4 Å². The van der Waals surface area contributed by atoms with E-state index < -0.39 is 17.1 Å². The van der Waals surface area contributed by atoms with E-state index in [2.05, 4.69) is 0 Å². The number of amides is 1. The first-order valence-electron chi connectivity index (χ1n) is 10.9. The molecule has 0 saturated heterocycles. The van der Waals surface area contributed by atoms with Crippen molar-refractivity contribution in [2.75, 3.05) is 18.1 Å². The molecule has 0 saturated carbocycles. The molecule has 1 aromatic rings. The largest absolute Gasteiger partial charge is 0.486 e. The quantitative estimate of drug-likeness (QED) is 0.372. The minimum absolute atomic E-state index is 0.168. The molecule has 8 heteroatoms. The molecule has 0 aromatic heterocycles. The summed E-state index contributed by atoms with van der Waals surface area (Å²) in [6, 6.07) is 3.17. The van der Waals surface area contributed by atoms with E-state index >= 15 is 0 Å². The van der Waals surface area contributed by atoms with E-state index in [0.717, 1.165) is 0 Å². The number of ketones is 1. The molecular weight excluding hydrogens is 434 g/mol. The Morgan fingerprint density at radius 1 is 1.19 bits per heavy atom. The number of rotatable bonds is 7. The van der Waals surface area contributed by atoms with Crippen LogP contribution in [0.3, 0.4) is 0 Å². The van der Waals surface area contributed by atoms with Gasteiger partial charge in [-0.3, -0.25) is 14.5 Å². The number of esters is 1. The third-order valence-electron chi connectivity index (χ3n) is 4.95. The molecule has 7 nitrogen and oxygen atoms in total. The van der Waals surface area contributed by atoms with Crippen molar-refractivity contribution < 1.29 is 28.6 Å². The van der Waals surface area contributed by atoms with Crippen molar-refractivity contribution >= 4 is 35.1 Å². The van der Waals surface area contributed by atoms with E-state index in [4.69, 9.17) is 25.8 Å². The van der Waals surface area contributed by atoms with Crippen molar-refractivity contribution in [3.05, 3.63) is 22.7 Å². The fourth-order valence-corrected chi connectivity index (χ4v) is 3.68. The lowest BCUT2D eigenvalue weighted by Gasteiger charge is -2.35. The van der Waals surface area contributed by atoms with Crippen LogP contribution >= 0.6 is 11.6 Å². The topological polar surface area (TPSA) is 82.1 Å². The van der Waals surface area contributed by atoms with Crippen LogP contribution in [0.25, 0.3) is 0 Å². The lowest BCUT2D eigenvalue weighted by Crippen LogP contribution is -2.45. The van der Waals surface area contributed by atoms with Gasteiger partial charge in [0.15, 0.2) is 11.5 Å². The number of anilines is 1. The number of benzene rings is 1. The maximum Gasteiger partial charge on any atom is 0.415 e. The SMILES string of the molecule is CCOC(=O)CC(C)(C)CCC(=O)c1cc(Cl)cc2c1OC(C)CN2C(=O)OC(C)(C)C. The fourth-order valence-electron chi connectivity index (χ4n) is 3.47. The predicted octanol–water partition coefficient (Wildman–Crippen LogP) is 5.80. The summed E-state index contributed by atoms with van der Waals surface area (Å²) in [5, 5.41) is 0.324. The molecule has 32 heavy (non-hydrogen) atoms. The Morgan fingerprint density at radius 3 is 2.44 bits per heavy atom. The van der Waals surface area contributed by atoms with Gasteiger partial charge in [-0.25, -0.2) is 4.79 Å². The van der Waals surface area contributed by atoms with Gasteiger partial charge in [0.25, 0.3) is 0 Å². The minimum Gasteiger partial charge on any atom is -0.486 e. The van der Waals surface area contributed by atoms with E-state index in [0.29, 0.717) is 35.1 Å². The van der Waals surface area contributed by atoms with Gasteiger partial charge < -0.3 is 14.2 Å². The number of nitrogens with zero attached hydrogens (tertiary/aromatic N) is 1. The summed E-state index contributed by atoms with van der Waals surface area (Å²) in [7, 11) is 0. The highest BCUT2D eigenvalue weighted by Gasteiger charge is 2.34. The Morgan fingerprint density at radius 2 is 1.84 bits per heavy atom. The first-order valence-corrected chi connectivity index (χ1v) is 11.3. The predicted molar refractivity (Wildman–Crippen MR) is 124 cm³/mol. The maximum atomic E-state index is 13.1. The smallest absolute Gasteiger partial charge is 0.415 e. The standard InChI is InChI=1S/C24H34ClNO6/c1-8-30-20(28)13-24(6,7)10-9-19(27)17-11-16(25)12-18-21(17)31-15(2)14-26(18)22(29)32-23(3,4)5/h11-12,15H,8-10,13-14H2,1-7H3. The van der Waals surface area contributed by atoms with Crippen LogP contribution in [-0.4, -0.2) is 42.7 Å². The summed E-state index contributed by atoms with van der Waals surface area (Å²) in [5.74, 6) is -0.124. The highest BCUT2D eigenvalue weighted by Crippen LogP contribution is 2.41. The summed E-state index contributed by atoms with van der Waals surface area (Å²) in [5.41, 5.74) is -0.337. The van der Waals surface area contributed by atoms with Crippen molar-refractivity contribution in [2.24, 2.45) is 5.41 Å². The van der Waals surface area contributed by atoms with Crippen LogP contribution in [0.1, 0.15) is 78.1 Å². The third-order valence-corrected chi connectivity index (χ3v) is 5.17. The molecule has 2 rings (SSSR count). The van der Waals surface area contributed by atoms with Crippen molar-refractivity contribution in [3.63, 3.8) is 0 Å². The van der Waals surface area contributed by atoms with E-state index in [9.17, 15) is 14.4 Å². The summed E-state index contributed by atoms with van der Waals surface area (Å²) >= 11 is 6.31. The monoisotopic (exact) mass is 467 g/mol. The molecule has 0 spiro atoms. The molecule has 1 aliphatic heterocycles. The van der Waals surface area contributed by atoms with Crippen molar-refractivity contribution in [3.8, 4) is 5.75 Å². The molecule has 1 heterocycles. The van der Waals surface area contributed by atoms with Crippen LogP contribution in [-0.2, 0) is 14.3 Å². The Hall–Kier alpha value is -2.28. The van der Waals surface area contributed by atoms with Crippen LogP contribution in [0.5, 0.6) is 5.75 Å². The van der Waals surface area contributed by atoms with Gasteiger partial charge in [-0.2, -0.15) is 0 Å². The maximum absolute atomic E-state index is 13.1. The summed E-state index contributed by atoms with van der Waals surface area (Å²) in [6.07, 6.45) is 0.0515. The molecule has 1 atom stereocenters. The fraction of sp³-hybridized carbons (Fsp3) is 0.625. The molecule has 1 amide bonds. The molecule has 0 N–H and O–H groups in total. The van der Waals surface area contributed by atoms with Gasteiger partial charge in [-0.05, 0) is 58.6 Å². The zero-order valence-electron chi connectivity index (χ0n) is 20.0. The Labute approximate surface area is 195 Å². The van der Waals surface area contributed by atoms with Crippen molar-refractivity contribution in [1.29, 1.82) is 0 Å². The van der Waals surface area contributed by atoms with Gasteiger partial charge >= 0.3 is 12.1 Å². The Kier molecular flexibility index (Phi) is 8.21. The molecule has 178 valence electrons. The lowest BCUT2D eigenvalue weighted by molar-refractivity contribution is -0.145. The summed E-state index contributed by atoms with van der Waals surface area (Å²) in [4.78, 5) is 39.3. The first kappa shape index (κ1) is 26.0. The number of carbonyl (C=O) groups is 3. The normalized spacial score (nSPS) is 16.1. The molecule has 0 bridgehead atoms. The number of ether oxygens (including phenoxy) is 3. The molecule has 0 fully saturated rings. The summed E-state index contributed by atoms with van der Waals surface area (Å²) in [6.45, 7) is 13.4. The van der Waals surface area contributed by atoms with Crippen LogP contribution in [0, 0.1) is 5.41 Å². The van der Waals surface area contributed by atoms with E-state index in [-0.39, 0.29) is 37.2 Å². The number of carbonyl (C=O) groups excluding carboxylic acids is 3. The zero-order valence-corrected chi connectivity index (χ0v) is 20.8. The molecule has 1 aliphatic rings. The second kappa shape index (κ2) is 10.1. The molecule has 0 aliphatic carbocycles. The number of hydrogen-bond acceptors (Lipinski definition) is 6. The summed E-state index contributed by atoms with van der Waals surface area (Å²) < 4.78 is 16.5. The van der Waals surface area contributed by atoms with Crippen LogP contribution in [0.2, 0.25) is 5.02 Å². The number of Topliss-reactive ketones (excluding diaryl/α,β-unsaturated/α-hetero) is 1. The molecular formula is C24H34ClNO6. The van der Waals surface area contributed by atoms with Gasteiger partial charge in [-0.15, -0.1) is 0 Å². The van der Waals surface area contributed by atoms with Crippen LogP contribution in [0.15, 0.2) is 12.1 Å². The van der Waals surface area contributed by atoms with E-state index in [1.807, 2.05) is 20.8 Å². The van der Waals surface area contributed by atoms with Crippen molar-refractivity contribution in [1.82, 2.24) is 0 Å². The second-order valence-corrected chi connectivity index (χ2v) is 10.3. The minimum atomic E-state index is -0.666. The zero-order chi connectivity index (χ0) is 24.3. The number of halogens is 1. The van der Waals surface area contributed by atoms with Crippen LogP contribution in [0.4, 0.5) is 10.5 Å².